The largest absolute Gasteiger partial charge is 0.509 e. The maximum absolute atomic E-state index is 13.6. The second-order valence-corrected chi connectivity index (χ2v) is 10.1. The third-order valence-corrected chi connectivity index (χ3v) is 4.86. The predicted molar refractivity (Wildman–Crippen MR) is 125 cm³/mol. The fourth-order valence-electron chi connectivity index (χ4n) is 3.46. The van der Waals surface area contributed by atoms with E-state index in [9.17, 15) is 18.8 Å². The molecule has 0 N–H and O–H groups in total. The minimum Gasteiger partial charge on any atom is -0.497 e. The van der Waals surface area contributed by atoms with E-state index in [1.807, 2.05) is 0 Å². The predicted octanol–water partition coefficient (Wildman–Crippen LogP) is 4.57. The van der Waals surface area contributed by atoms with E-state index in [1.165, 1.54) is 12.0 Å². The van der Waals surface area contributed by atoms with Crippen molar-refractivity contribution >= 4 is 18.2 Å². The van der Waals surface area contributed by atoms with Gasteiger partial charge in [0.05, 0.1) is 19.7 Å². The number of esters is 1. The van der Waals surface area contributed by atoms with Gasteiger partial charge in [-0.3, -0.25) is 4.90 Å². The molecule has 9 nitrogen and oxygen atoms in total. The molecule has 35 heavy (non-hydrogen) atoms. The van der Waals surface area contributed by atoms with Crippen LogP contribution in [0.25, 0.3) is 0 Å². The molecule has 1 amide bonds. The number of halogens is 1. The lowest BCUT2D eigenvalue weighted by Crippen LogP contribution is -2.45. The number of carbonyl (C=O) groups excluding carboxylic acids is 3. The molecule has 1 aliphatic rings. The Labute approximate surface area is 205 Å². The summed E-state index contributed by atoms with van der Waals surface area (Å²) in [6.45, 7) is 12.9. The van der Waals surface area contributed by atoms with Crippen LogP contribution in [0.4, 0.5) is 14.0 Å². The van der Waals surface area contributed by atoms with Crippen molar-refractivity contribution in [3.63, 3.8) is 0 Å². The number of carbonyl (C=O) groups is 3. The number of hydrogen-bond donors (Lipinski definition) is 0. The van der Waals surface area contributed by atoms with Gasteiger partial charge in [-0.1, -0.05) is 18.7 Å². The van der Waals surface area contributed by atoms with Crippen molar-refractivity contribution in [2.24, 2.45) is 0 Å². The van der Waals surface area contributed by atoms with E-state index in [4.69, 9.17) is 23.7 Å². The number of likely N-dealkylation sites (tertiary alicyclic amines) is 1. The van der Waals surface area contributed by atoms with Gasteiger partial charge in [0.15, 0.2) is 12.2 Å². The van der Waals surface area contributed by atoms with Gasteiger partial charge in [-0.2, -0.15) is 4.39 Å². The topological polar surface area (TPSA) is 101 Å². The van der Waals surface area contributed by atoms with Crippen molar-refractivity contribution in [2.75, 3.05) is 13.7 Å². The molecule has 0 unspecified atom stereocenters. The monoisotopic (exact) mass is 495 g/mol. The Hall–Kier alpha value is -3.30. The summed E-state index contributed by atoms with van der Waals surface area (Å²) in [6.07, 6.45) is -3.88. The molecule has 0 spiro atoms. The lowest BCUT2D eigenvalue weighted by Gasteiger charge is -2.30. The van der Waals surface area contributed by atoms with Gasteiger partial charge in [0.2, 0.25) is 5.83 Å². The first kappa shape index (κ1) is 27.9. The molecule has 1 heterocycles. The van der Waals surface area contributed by atoms with Gasteiger partial charge in [0, 0.05) is 0 Å². The van der Waals surface area contributed by atoms with Gasteiger partial charge >= 0.3 is 18.2 Å². The molecule has 3 atom stereocenters. The highest BCUT2D eigenvalue weighted by atomic mass is 19.1. The fourth-order valence-corrected chi connectivity index (χ4v) is 3.46. The Morgan fingerprint density at radius 3 is 2.06 bits per heavy atom. The van der Waals surface area contributed by atoms with Crippen molar-refractivity contribution in [1.29, 1.82) is 0 Å². The van der Waals surface area contributed by atoms with Crippen molar-refractivity contribution in [1.82, 2.24) is 4.90 Å². The summed E-state index contributed by atoms with van der Waals surface area (Å²) < 4.78 is 40.2. The van der Waals surface area contributed by atoms with Crippen LogP contribution >= 0.6 is 0 Å². The van der Waals surface area contributed by atoms with Crippen molar-refractivity contribution in [2.45, 2.75) is 77.4 Å². The van der Waals surface area contributed by atoms with E-state index >= 15 is 0 Å². The first-order valence-electron chi connectivity index (χ1n) is 11.2. The number of rotatable bonds is 6. The van der Waals surface area contributed by atoms with Crippen LogP contribution in [0.5, 0.6) is 5.75 Å². The maximum atomic E-state index is 13.6. The van der Waals surface area contributed by atoms with Gasteiger partial charge < -0.3 is 23.7 Å². The van der Waals surface area contributed by atoms with Crippen LogP contribution in [0, 0.1) is 0 Å². The summed E-state index contributed by atoms with van der Waals surface area (Å²) in [5.41, 5.74) is -0.893. The van der Waals surface area contributed by atoms with E-state index in [1.54, 1.807) is 65.8 Å². The van der Waals surface area contributed by atoms with Crippen LogP contribution in [0.3, 0.4) is 0 Å². The van der Waals surface area contributed by atoms with Crippen LogP contribution in [0.1, 0.15) is 47.1 Å². The molecule has 10 heteroatoms. The highest BCUT2D eigenvalue weighted by Gasteiger charge is 2.50. The number of benzene rings is 1. The van der Waals surface area contributed by atoms with Crippen LogP contribution in [-0.2, 0) is 30.2 Å². The fraction of sp³-hybridized carbons (Fsp3) is 0.560. The number of methoxy groups -OCH3 is 1. The molecule has 2 rings (SSSR count). The third kappa shape index (κ3) is 8.45. The zero-order valence-corrected chi connectivity index (χ0v) is 21.3. The highest BCUT2D eigenvalue weighted by molar-refractivity contribution is 5.85. The highest BCUT2D eigenvalue weighted by Crippen LogP contribution is 2.30. The van der Waals surface area contributed by atoms with Gasteiger partial charge in [-0.15, -0.1) is 0 Å². The zero-order chi connectivity index (χ0) is 26.6. The Kier molecular flexibility index (Phi) is 8.75. The average molecular weight is 496 g/mol. The molecule has 1 saturated heterocycles. The van der Waals surface area contributed by atoms with Crippen LogP contribution in [-0.4, -0.2) is 66.2 Å². The number of ether oxygens (including phenoxy) is 5. The molecular weight excluding hydrogens is 461 g/mol. The molecule has 1 aromatic rings. The molecule has 194 valence electrons. The molecule has 0 aliphatic carbocycles. The Morgan fingerprint density at radius 1 is 1.00 bits per heavy atom. The first-order chi connectivity index (χ1) is 16.1. The minimum atomic E-state index is -1.32. The van der Waals surface area contributed by atoms with E-state index in [0.717, 1.165) is 5.56 Å². The van der Waals surface area contributed by atoms with Gasteiger partial charge in [-0.05, 0) is 65.7 Å². The van der Waals surface area contributed by atoms with E-state index in [0.29, 0.717) is 5.75 Å². The quantitative estimate of drug-likeness (QED) is 0.321. The summed E-state index contributed by atoms with van der Waals surface area (Å²) in [7, 11) is 1.54. The Morgan fingerprint density at radius 2 is 1.57 bits per heavy atom. The molecule has 0 saturated carbocycles. The molecule has 0 bridgehead atoms. The number of hydrogen-bond acceptors (Lipinski definition) is 8. The van der Waals surface area contributed by atoms with Gasteiger partial charge in [-0.25, -0.2) is 14.4 Å². The van der Waals surface area contributed by atoms with E-state index in [2.05, 4.69) is 6.58 Å². The molecule has 1 aromatic carbocycles. The second kappa shape index (κ2) is 11.0. The molecule has 1 aliphatic heterocycles. The number of amides is 1. The summed E-state index contributed by atoms with van der Waals surface area (Å²) in [5, 5.41) is 0. The first-order valence-corrected chi connectivity index (χ1v) is 11.2. The smallest absolute Gasteiger partial charge is 0.497 e. The summed E-state index contributed by atoms with van der Waals surface area (Å²) in [6, 6.07) is 6.19. The van der Waals surface area contributed by atoms with Crippen LogP contribution in [0.2, 0.25) is 0 Å². The van der Waals surface area contributed by atoms with E-state index < -0.39 is 53.5 Å². The SMILES string of the molecule is C=C(F)C(=O)O[C@@H]1[C@@H](OC(=O)OC(C)(C)C)CN(C(=O)OC(C)(C)C)[C@@H]1Cc1ccc(OC)cc1. The van der Waals surface area contributed by atoms with Crippen LogP contribution < -0.4 is 4.74 Å². The minimum absolute atomic E-state index is 0.161. The zero-order valence-electron chi connectivity index (χ0n) is 21.3. The Bertz CT molecular complexity index is 932. The van der Waals surface area contributed by atoms with Crippen LogP contribution in [0.15, 0.2) is 36.7 Å². The second-order valence-electron chi connectivity index (χ2n) is 10.1. The van der Waals surface area contributed by atoms with E-state index in [-0.39, 0.29) is 13.0 Å². The molecule has 0 radical (unpaired) electrons. The average Bonchev–Trinajstić information content (AvgIpc) is 3.02. The Balaban J connectivity index is 2.42. The summed E-state index contributed by atoms with van der Waals surface area (Å²) >= 11 is 0. The summed E-state index contributed by atoms with van der Waals surface area (Å²) in [4.78, 5) is 38.9. The third-order valence-electron chi connectivity index (χ3n) is 4.86. The van der Waals surface area contributed by atoms with Crippen molar-refractivity contribution in [3.05, 3.63) is 42.2 Å². The maximum Gasteiger partial charge on any atom is 0.509 e. The van der Waals surface area contributed by atoms with Crippen molar-refractivity contribution < 1.29 is 42.5 Å². The molecule has 0 aromatic heterocycles. The molecular formula is C25H34FNO8. The van der Waals surface area contributed by atoms with Crippen molar-refractivity contribution in [3.8, 4) is 5.75 Å². The lowest BCUT2D eigenvalue weighted by molar-refractivity contribution is -0.152. The number of nitrogens with zero attached hydrogens (tertiary/aromatic N) is 1. The van der Waals surface area contributed by atoms with Gasteiger partial charge in [0.1, 0.15) is 17.0 Å². The lowest BCUT2D eigenvalue weighted by atomic mass is 10.0. The standard InChI is InChI=1S/C25H34FNO8/c1-15(26)21(28)33-20-18(13-16-9-11-17(31-8)12-10-16)27(22(29)34-24(2,3)4)14-19(20)32-23(30)35-25(5,6)7/h9-12,18-20H,1,13-14H2,2-8H3/t18-,19+,20+/m1/s1. The van der Waals surface area contributed by atoms with Gasteiger partial charge in [0.25, 0.3) is 0 Å². The summed E-state index contributed by atoms with van der Waals surface area (Å²) in [5.74, 6) is -2.01. The normalized spacial score (nSPS) is 20.1. The molecule has 1 fully saturated rings.